The number of hydrogen-bond acceptors (Lipinski definition) is 4. The third-order valence-corrected chi connectivity index (χ3v) is 2.30. The van der Waals surface area contributed by atoms with Crippen LogP contribution in [0.1, 0.15) is 19.8 Å². The van der Waals surface area contributed by atoms with Gasteiger partial charge in [0.25, 0.3) is 0 Å². The topological polar surface area (TPSA) is 45.1 Å². The number of nitrogens with zero attached hydrogens (tertiary/aromatic N) is 1. The molecule has 0 spiro atoms. The molecule has 0 aromatic carbocycles. The van der Waals surface area contributed by atoms with Crippen molar-refractivity contribution in [3.8, 4) is 0 Å². The van der Waals surface area contributed by atoms with Gasteiger partial charge in [0.2, 0.25) is 0 Å². The van der Waals surface area contributed by atoms with Crippen LogP contribution in [-0.4, -0.2) is 22.7 Å². The summed E-state index contributed by atoms with van der Waals surface area (Å²) in [6.07, 6.45) is 3.61. The van der Waals surface area contributed by atoms with Gasteiger partial charge in [-0.05, 0) is 19.8 Å². The van der Waals surface area contributed by atoms with Crippen molar-refractivity contribution in [1.29, 1.82) is 0 Å². The number of anilines is 1. The maximum absolute atomic E-state index is 8.60. The second kappa shape index (κ2) is 5.11. The highest BCUT2D eigenvalue weighted by Crippen LogP contribution is 2.13. The molecule has 1 heterocycles. The van der Waals surface area contributed by atoms with E-state index in [1.54, 1.807) is 17.5 Å². The SMILES string of the molecule is CC(CCCO)Nc1nccs1. The van der Waals surface area contributed by atoms with Gasteiger partial charge in [0.05, 0.1) is 0 Å². The number of aromatic nitrogens is 1. The summed E-state index contributed by atoms with van der Waals surface area (Å²) < 4.78 is 0. The Labute approximate surface area is 76.5 Å². The van der Waals surface area contributed by atoms with Crippen molar-refractivity contribution >= 4 is 16.5 Å². The van der Waals surface area contributed by atoms with Gasteiger partial charge in [-0.25, -0.2) is 4.98 Å². The molecular formula is C8H14N2OS. The molecular weight excluding hydrogens is 172 g/mol. The maximum Gasteiger partial charge on any atom is 0.182 e. The lowest BCUT2D eigenvalue weighted by Gasteiger charge is -2.11. The first-order valence-electron chi connectivity index (χ1n) is 4.10. The summed E-state index contributed by atoms with van der Waals surface area (Å²) in [5.41, 5.74) is 0. The van der Waals surface area contributed by atoms with Crippen LogP contribution in [0.25, 0.3) is 0 Å². The fourth-order valence-corrected chi connectivity index (χ4v) is 1.62. The van der Waals surface area contributed by atoms with Crippen molar-refractivity contribution in [2.75, 3.05) is 11.9 Å². The van der Waals surface area contributed by atoms with Crippen LogP contribution >= 0.6 is 11.3 Å². The Hall–Kier alpha value is -0.610. The highest BCUT2D eigenvalue weighted by molar-refractivity contribution is 7.13. The zero-order chi connectivity index (χ0) is 8.81. The number of thiazole rings is 1. The van der Waals surface area contributed by atoms with Crippen molar-refractivity contribution in [3.05, 3.63) is 11.6 Å². The fraction of sp³-hybridized carbons (Fsp3) is 0.625. The molecule has 1 aromatic rings. The highest BCUT2D eigenvalue weighted by atomic mass is 32.1. The largest absolute Gasteiger partial charge is 0.396 e. The molecule has 2 N–H and O–H groups in total. The summed E-state index contributed by atoms with van der Waals surface area (Å²) in [6.45, 7) is 2.36. The van der Waals surface area contributed by atoms with E-state index in [0.29, 0.717) is 6.04 Å². The quantitative estimate of drug-likeness (QED) is 0.736. The Morgan fingerprint density at radius 3 is 3.17 bits per heavy atom. The number of aliphatic hydroxyl groups excluding tert-OH is 1. The standard InChI is InChI=1S/C8H14N2OS/c1-7(3-2-5-11)10-8-9-4-6-12-8/h4,6-7,11H,2-3,5H2,1H3,(H,9,10). The molecule has 4 heteroatoms. The molecule has 0 fully saturated rings. The second-order valence-electron chi connectivity index (χ2n) is 2.75. The predicted octanol–water partition coefficient (Wildman–Crippen LogP) is 1.72. The molecule has 0 aliphatic heterocycles. The highest BCUT2D eigenvalue weighted by Gasteiger charge is 2.01. The van der Waals surface area contributed by atoms with E-state index >= 15 is 0 Å². The minimum atomic E-state index is 0.268. The lowest BCUT2D eigenvalue weighted by Crippen LogP contribution is -2.15. The predicted molar refractivity (Wildman–Crippen MR) is 51.5 cm³/mol. The van der Waals surface area contributed by atoms with Gasteiger partial charge >= 0.3 is 0 Å². The van der Waals surface area contributed by atoms with Gasteiger partial charge < -0.3 is 10.4 Å². The van der Waals surface area contributed by atoms with Crippen LogP contribution in [0, 0.1) is 0 Å². The lowest BCUT2D eigenvalue weighted by atomic mass is 10.2. The summed E-state index contributed by atoms with van der Waals surface area (Å²) in [5, 5.41) is 14.8. The zero-order valence-corrected chi connectivity index (χ0v) is 7.97. The molecule has 1 unspecified atom stereocenters. The van der Waals surface area contributed by atoms with Crippen LogP contribution < -0.4 is 5.32 Å². The summed E-state index contributed by atoms with van der Waals surface area (Å²) in [5.74, 6) is 0. The van der Waals surface area contributed by atoms with Crippen LogP contribution in [-0.2, 0) is 0 Å². The van der Waals surface area contributed by atoms with Crippen LogP contribution in [0.5, 0.6) is 0 Å². The molecule has 12 heavy (non-hydrogen) atoms. The van der Waals surface area contributed by atoms with Crippen LogP contribution in [0.3, 0.4) is 0 Å². The molecule has 1 aromatic heterocycles. The van der Waals surface area contributed by atoms with Crippen molar-refractivity contribution in [3.63, 3.8) is 0 Å². The smallest absolute Gasteiger partial charge is 0.182 e. The Kier molecular flexibility index (Phi) is 4.04. The van der Waals surface area contributed by atoms with Gasteiger partial charge in [0.15, 0.2) is 5.13 Å². The summed E-state index contributed by atoms with van der Waals surface area (Å²) in [7, 11) is 0. The molecule has 0 amide bonds. The third kappa shape index (κ3) is 3.19. The molecule has 0 saturated heterocycles. The number of hydrogen-bond donors (Lipinski definition) is 2. The first-order valence-corrected chi connectivity index (χ1v) is 4.98. The van der Waals surface area contributed by atoms with Crippen molar-refractivity contribution in [2.45, 2.75) is 25.8 Å². The number of nitrogens with one attached hydrogen (secondary N) is 1. The van der Waals surface area contributed by atoms with E-state index in [1.807, 2.05) is 5.38 Å². The van der Waals surface area contributed by atoms with Gasteiger partial charge in [0, 0.05) is 24.2 Å². The normalized spacial score (nSPS) is 12.8. The molecule has 0 bridgehead atoms. The average Bonchev–Trinajstić information content (AvgIpc) is 2.53. The lowest BCUT2D eigenvalue weighted by molar-refractivity contribution is 0.282. The van der Waals surface area contributed by atoms with Crippen LogP contribution in [0.2, 0.25) is 0 Å². The third-order valence-electron chi connectivity index (χ3n) is 1.60. The van der Waals surface area contributed by atoms with E-state index in [4.69, 9.17) is 5.11 Å². The minimum absolute atomic E-state index is 0.268. The Bertz CT molecular complexity index is 201. The monoisotopic (exact) mass is 186 g/mol. The summed E-state index contributed by atoms with van der Waals surface area (Å²) in [4.78, 5) is 4.11. The molecule has 68 valence electrons. The molecule has 3 nitrogen and oxygen atoms in total. The molecule has 0 aliphatic carbocycles. The van der Waals surface area contributed by atoms with Gasteiger partial charge in [-0.2, -0.15) is 0 Å². The zero-order valence-electron chi connectivity index (χ0n) is 7.16. The Balaban J connectivity index is 2.22. The van der Waals surface area contributed by atoms with Gasteiger partial charge in [-0.3, -0.25) is 0 Å². The number of aliphatic hydroxyl groups is 1. The van der Waals surface area contributed by atoms with Gasteiger partial charge in [-0.15, -0.1) is 11.3 Å². The van der Waals surface area contributed by atoms with Gasteiger partial charge in [0.1, 0.15) is 0 Å². The summed E-state index contributed by atoms with van der Waals surface area (Å²) >= 11 is 1.60. The minimum Gasteiger partial charge on any atom is -0.396 e. The first kappa shape index (κ1) is 9.48. The Morgan fingerprint density at radius 1 is 1.75 bits per heavy atom. The van der Waals surface area contributed by atoms with Crippen molar-refractivity contribution < 1.29 is 5.11 Å². The van der Waals surface area contributed by atoms with E-state index in [-0.39, 0.29) is 6.61 Å². The van der Waals surface area contributed by atoms with E-state index in [2.05, 4.69) is 17.2 Å². The Morgan fingerprint density at radius 2 is 2.58 bits per heavy atom. The number of rotatable bonds is 5. The van der Waals surface area contributed by atoms with E-state index < -0.39 is 0 Å². The van der Waals surface area contributed by atoms with Crippen LogP contribution in [0.4, 0.5) is 5.13 Å². The molecule has 0 aliphatic rings. The maximum atomic E-state index is 8.60. The fourth-order valence-electron chi connectivity index (χ4n) is 0.975. The van der Waals surface area contributed by atoms with E-state index in [1.165, 1.54) is 0 Å². The second-order valence-corrected chi connectivity index (χ2v) is 3.64. The molecule has 1 rings (SSSR count). The van der Waals surface area contributed by atoms with Crippen LogP contribution in [0.15, 0.2) is 11.6 Å². The first-order chi connectivity index (χ1) is 5.83. The molecule has 1 atom stereocenters. The van der Waals surface area contributed by atoms with Gasteiger partial charge in [-0.1, -0.05) is 0 Å². The molecule has 0 saturated carbocycles. The van der Waals surface area contributed by atoms with E-state index in [9.17, 15) is 0 Å². The van der Waals surface area contributed by atoms with Crippen molar-refractivity contribution in [1.82, 2.24) is 4.98 Å². The van der Waals surface area contributed by atoms with E-state index in [0.717, 1.165) is 18.0 Å². The average molecular weight is 186 g/mol. The van der Waals surface area contributed by atoms with Crippen molar-refractivity contribution in [2.24, 2.45) is 0 Å². The molecule has 0 radical (unpaired) electrons. The summed E-state index contributed by atoms with van der Waals surface area (Å²) in [6, 6.07) is 0.392.